The summed E-state index contributed by atoms with van der Waals surface area (Å²) in [5.41, 5.74) is 2.01. The Bertz CT molecular complexity index is 579. The third kappa shape index (κ3) is 1.60. The second-order valence-corrected chi connectivity index (χ2v) is 5.05. The predicted octanol–water partition coefficient (Wildman–Crippen LogP) is 3.83. The first-order valence-electron chi connectivity index (χ1n) is 4.51. The van der Waals surface area contributed by atoms with E-state index in [2.05, 4.69) is 32.4 Å². The van der Waals surface area contributed by atoms with Crippen molar-refractivity contribution in [1.82, 2.24) is 9.38 Å². The summed E-state index contributed by atoms with van der Waals surface area (Å²) in [7, 11) is 0. The highest BCUT2D eigenvalue weighted by atomic mass is 79.9. The minimum absolute atomic E-state index is 0.983. The van der Waals surface area contributed by atoms with E-state index in [1.165, 1.54) is 4.88 Å². The molecule has 0 amide bonds. The quantitative estimate of drug-likeness (QED) is 0.661. The maximum absolute atomic E-state index is 4.55. The highest BCUT2D eigenvalue weighted by Crippen LogP contribution is 2.29. The zero-order valence-electron chi connectivity index (χ0n) is 7.72. The number of pyridine rings is 1. The lowest BCUT2D eigenvalue weighted by molar-refractivity contribution is 1.19. The Balaban J connectivity index is 2.19. The van der Waals surface area contributed by atoms with Crippen molar-refractivity contribution in [1.29, 1.82) is 0 Å². The summed E-state index contributed by atoms with van der Waals surface area (Å²) in [5, 5.41) is 2.07. The van der Waals surface area contributed by atoms with Crippen LogP contribution in [0.5, 0.6) is 0 Å². The Kier molecular flexibility index (Phi) is 2.11. The summed E-state index contributed by atoms with van der Waals surface area (Å²) in [6.07, 6.45) is 4.06. The van der Waals surface area contributed by atoms with E-state index < -0.39 is 0 Å². The average molecular weight is 279 g/mol. The van der Waals surface area contributed by atoms with Crippen LogP contribution in [0.4, 0.5) is 0 Å². The molecule has 0 saturated heterocycles. The van der Waals surface area contributed by atoms with E-state index in [1.807, 2.05) is 35.0 Å². The number of nitrogens with zero attached hydrogens (tertiary/aromatic N) is 2. The summed E-state index contributed by atoms with van der Waals surface area (Å²) in [5.74, 6) is 0. The largest absolute Gasteiger partial charge is 0.306 e. The standard InChI is InChI=1S/C11H7BrN2S/c12-8-5-10(15-7-8)9-6-14-4-2-1-3-11(14)13-9/h1-7H. The van der Waals surface area contributed by atoms with Crippen LogP contribution in [0.15, 0.2) is 46.5 Å². The third-order valence-electron chi connectivity index (χ3n) is 2.18. The molecule has 2 nitrogen and oxygen atoms in total. The van der Waals surface area contributed by atoms with Crippen LogP contribution in [0.25, 0.3) is 16.2 Å². The predicted molar refractivity (Wildman–Crippen MR) is 66.2 cm³/mol. The number of fused-ring (bicyclic) bond motifs is 1. The Morgan fingerprint density at radius 2 is 2.27 bits per heavy atom. The lowest BCUT2D eigenvalue weighted by Gasteiger charge is -1.86. The summed E-state index contributed by atoms with van der Waals surface area (Å²) in [6, 6.07) is 8.10. The van der Waals surface area contributed by atoms with Crippen LogP contribution in [0.2, 0.25) is 0 Å². The molecule has 0 fully saturated rings. The highest BCUT2D eigenvalue weighted by molar-refractivity contribution is 9.10. The molecule has 0 bridgehead atoms. The molecule has 0 spiro atoms. The summed E-state index contributed by atoms with van der Waals surface area (Å²) in [6.45, 7) is 0. The maximum Gasteiger partial charge on any atom is 0.137 e. The molecule has 0 aliphatic heterocycles. The molecule has 0 aliphatic carbocycles. The van der Waals surface area contributed by atoms with Crippen LogP contribution in [-0.4, -0.2) is 9.38 Å². The second-order valence-electron chi connectivity index (χ2n) is 3.22. The van der Waals surface area contributed by atoms with Crippen LogP contribution in [0.1, 0.15) is 0 Å². The van der Waals surface area contributed by atoms with Crippen molar-refractivity contribution in [2.75, 3.05) is 0 Å². The van der Waals surface area contributed by atoms with Crippen molar-refractivity contribution in [2.24, 2.45) is 0 Å². The van der Waals surface area contributed by atoms with Crippen LogP contribution in [-0.2, 0) is 0 Å². The molecule has 15 heavy (non-hydrogen) atoms. The van der Waals surface area contributed by atoms with Gasteiger partial charge in [0.15, 0.2) is 0 Å². The Morgan fingerprint density at radius 3 is 3.00 bits per heavy atom. The molecular weight excluding hydrogens is 272 g/mol. The fourth-order valence-electron chi connectivity index (χ4n) is 1.50. The summed E-state index contributed by atoms with van der Waals surface area (Å²) < 4.78 is 3.14. The minimum Gasteiger partial charge on any atom is -0.306 e. The molecule has 0 radical (unpaired) electrons. The van der Waals surface area contributed by atoms with Gasteiger partial charge < -0.3 is 4.40 Å². The average Bonchev–Trinajstić information content (AvgIpc) is 2.82. The number of aromatic nitrogens is 2. The fraction of sp³-hybridized carbons (Fsp3) is 0. The zero-order valence-corrected chi connectivity index (χ0v) is 10.1. The number of hydrogen-bond acceptors (Lipinski definition) is 2. The van der Waals surface area contributed by atoms with Gasteiger partial charge in [-0.1, -0.05) is 6.07 Å². The van der Waals surface area contributed by atoms with E-state index in [1.54, 1.807) is 11.3 Å². The van der Waals surface area contributed by atoms with E-state index in [0.717, 1.165) is 15.8 Å². The van der Waals surface area contributed by atoms with Gasteiger partial charge in [-0.15, -0.1) is 11.3 Å². The van der Waals surface area contributed by atoms with E-state index in [-0.39, 0.29) is 0 Å². The van der Waals surface area contributed by atoms with Gasteiger partial charge in [0.25, 0.3) is 0 Å². The third-order valence-corrected chi connectivity index (χ3v) is 3.90. The van der Waals surface area contributed by atoms with E-state index in [9.17, 15) is 0 Å². The molecule has 0 saturated carbocycles. The minimum atomic E-state index is 0.983. The Morgan fingerprint density at radius 1 is 1.33 bits per heavy atom. The molecule has 0 unspecified atom stereocenters. The number of halogens is 1. The van der Waals surface area contributed by atoms with E-state index in [0.29, 0.717) is 0 Å². The number of thiophene rings is 1. The second kappa shape index (κ2) is 3.47. The first-order valence-corrected chi connectivity index (χ1v) is 6.18. The smallest absolute Gasteiger partial charge is 0.137 e. The SMILES string of the molecule is Brc1csc(-c2cn3ccccc3n2)c1. The topological polar surface area (TPSA) is 17.3 Å². The van der Waals surface area contributed by atoms with Crippen LogP contribution in [0.3, 0.4) is 0 Å². The fourth-order valence-corrected chi connectivity index (χ4v) is 2.88. The van der Waals surface area contributed by atoms with Gasteiger partial charge in [-0.05, 0) is 34.1 Å². The first kappa shape index (κ1) is 9.12. The normalized spacial score (nSPS) is 11.0. The van der Waals surface area contributed by atoms with Gasteiger partial charge in [0.05, 0.1) is 10.6 Å². The van der Waals surface area contributed by atoms with E-state index in [4.69, 9.17) is 0 Å². The first-order chi connectivity index (χ1) is 7.33. The van der Waals surface area contributed by atoms with Gasteiger partial charge in [0, 0.05) is 22.2 Å². The van der Waals surface area contributed by atoms with Gasteiger partial charge in [0.1, 0.15) is 5.65 Å². The summed E-state index contributed by atoms with van der Waals surface area (Å²) >= 11 is 5.14. The van der Waals surface area contributed by atoms with Crippen molar-refractivity contribution in [3.8, 4) is 10.6 Å². The van der Waals surface area contributed by atoms with Crippen molar-refractivity contribution in [3.05, 3.63) is 46.5 Å². The Hall–Kier alpha value is -1.13. The van der Waals surface area contributed by atoms with E-state index >= 15 is 0 Å². The molecule has 0 N–H and O–H groups in total. The molecule has 0 aliphatic rings. The molecule has 74 valence electrons. The zero-order chi connectivity index (χ0) is 10.3. The molecule has 3 rings (SSSR count). The molecule has 4 heteroatoms. The molecule has 0 atom stereocenters. The number of rotatable bonds is 1. The molecule has 3 aromatic rings. The molecular formula is C11H7BrN2S. The van der Waals surface area contributed by atoms with Crippen molar-refractivity contribution in [3.63, 3.8) is 0 Å². The van der Waals surface area contributed by atoms with Gasteiger partial charge in [-0.2, -0.15) is 0 Å². The van der Waals surface area contributed by atoms with Crippen molar-refractivity contribution < 1.29 is 0 Å². The molecule has 0 aromatic carbocycles. The highest BCUT2D eigenvalue weighted by Gasteiger charge is 2.05. The summed E-state index contributed by atoms with van der Waals surface area (Å²) in [4.78, 5) is 5.73. The maximum atomic E-state index is 4.55. The van der Waals surface area contributed by atoms with Crippen LogP contribution in [0, 0.1) is 0 Å². The van der Waals surface area contributed by atoms with Gasteiger partial charge >= 0.3 is 0 Å². The molecule has 3 heterocycles. The monoisotopic (exact) mass is 278 g/mol. The van der Waals surface area contributed by atoms with Crippen molar-refractivity contribution in [2.45, 2.75) is 0 Å². The van der Waals surface area contributed by atoms with Crippen LogP contribution < -0.4 is 0 Å². The van der Waals surface area contributed by atoms with Crippen LogP contribution >= 0.6 is 27.3 Å². The Labute approximate surface area is 99.3 Å². The molecule has 3 aromatic heterocycles. The lowest BCUT2D eigenvalue weighted by Crippen LogP contribution is -1.77. The number of imidazole rings is 1. The van der Waals surface area contributed by atoms with Gasteiger partial charge in [-0.3, -0.25) is 0 Å². The van der Waals surface area contributed by atoms with Gasteiger partial charge in [0.2, 0.25) is 0 Å². The van der Waals surface area contributed by atoms with Crippen molar-refractivity contribution >= 4 is 32.9 Å². The number of hydrogen-bond donors (Lipinski definition) is 0. The lowest BCUT2D eigenvalue weighted by atomic mass is 10.4. The van der Waals surface area contributed by atoms with Gasteiger partial charge in [-0.25, -0.2) is 4.98 Å².